The second-order valence-corrected chi connectivity index (χ2v) is 4.99. The van der Waals surface area contributed by atoms with Gasteiger partial charge in [0.2, 0.25) is 0 Å². The Kier molecular flexibility index (Phi) is 4.15. The van der Waals surface area contributed by atoms with Crippen molar-refractivity contribution < 1.29 is 4.79 Å². The molecule has 0 bridgehead atoms. The molecule has 0 aromatic carbocycles. The summed E-state index contributed by atoms with van der Waals surface area (Å²) in [4.78, 5) is 16.2. The number of rotatable bonds is 3. The maximum absolute atomic E-state index is 12.0. The van der Waals surface area contributed by atoms with Crippen molar-refractivity contribution in [2.45, 2.75) is 38.6 Å². The minimum atomic E-state index is -0.119. The molecule has 2 unspecified atom stereocenters. The Morgan fingerprint density at radius 3 is 3.00 bits per heavy atom. The lowest BCUT2D eigenvalue weighted by Gasteiger charge is -2.27. The average Bonchev–Trinajstić information content (AvgIpc) is 2.39. The topological polar surface area (TPSA) is 80.0 Å². The third-order valence-electron chi connectivity index (χ3n) is 3.40. The van der Waals surface area contributed by atoms with Gasteiger partial charge in [0, 0.05) is 6.04 Å². The number of carbonyl (C=O) groups is 1. The van der Waals surface area contributed by atoms with E-state index in [-0.39, 0.29) is 11.9 Å². The Morgan fingerprint density at radius 2 is 2.28 bits per heavy atom. The molecule has 98 valence electrons. The standard InChI is InChI=1S/C13H20N4O/c1-9-4-2-5-10(8-9)15-13(18)11-6-3-7-12(16-11)17-14/h3,6-7,9-10H,2,4-5,8,14H2,1H3,(H,15,18)(H,16,17). The van der Waals surface area contributed by atoms with Gasteiger partial charge in [0.05, 0.1) is 0 Å². The van der Waals surface area contributed by atoms with Gasteiger partial charge < -0.3 is 10.7 Å². The van der Waals surface area contributed by atoms with Crippen molar-refractivity contribution >= 4 is 11.7 Å². The number of pyridine rings is 1. The number of hydrazine groups is 1. The summed E-state index contributed by atoms with van der Waals surface area (Å²) in [7, 11) is 0. The fraction of sp³-hybridized carbons (Fsp3) is 0.538. The lowest BCUT2D eigenvalue weighted by Crippen LogP contribution is -2.38. The molecule has 2 atom stereocenters. The van der Waals surface area contributed by atoms with Gasteiger partial charge in [-0.05, 0) is 30.9 Å². The Labute approximate surface area is 107 Å². The highest BCUT2D eigenvalue weighted by atomic mass is 16.1. The van der Waals surface area contributed by atoms with Gasteiger partial charge in [-0.15, -0.1) is 0 Å². The van der Waals surface area contributed by atoms with Crippen molar-refractivity contribution in [1.29, 1.82) is 0 Å². The molecule has 1 aliphatic rings. The van der Waals surface area contributed by atoms with Crippen molar-refractivity contribution in [3.63, 3.8) is 0 Å². The van der Waals surface area contributed by atoms with Crippen LogP contribution in [0.15, 0.2) is 18.2 Å². The van der Waals surface area contributed by atoms with Crippen LogP contribution in [0.2, 0.25) is 0 Å². The van der Waals surface area contributed by atoms with Crippen LogP contribution in [0.25, 0.3) is 0 Å². The quantitative estimate of drug-likeness (QED) is 0.561. The summed E-state index contributed by atoms with van der Waals surface area (Å²) in [6.45, 7) is 2.23. The Balaban J connectivity index is 1.98. The van der Waals surface area contributed by atoms with E-state index < -0.39 is 0 Å². The van der Waals surface area contributed by atoms with E-state index in [2.05, 4.69) is 22.7 Å². The first-order chi connectivity index (χ1) is 8.69. The van der Waals surface area contributed by atoms with Gasteiger partial charge in [-0.1, -0.05) is 25.8 Å². The zero-order valence-corrected chi connectivity index (χ0v) is 10.6. The first-order valence-electron chi connectivity index (χ1n) is 6.43. The first kappa shape index (κ1) is 12.8. The van der Waals surface area contributed by atoms with Crippen LogP contribution in [0.1, 0.15) is 43.1 Å². The molecule has 1 aliphatic carbocycles. The van der Waals surface area contributed by atoms with E-state index in [9.17, 15) is 4.79 Å². The Hall–Kier alpha value is -1.62. The molecule has 0 spiro atoms. The monoisotopic (exact) mass is 248 g/mol. The van der Waals surface area contributed by atoms with E-state index in [1.807, 2.05) is 0 Å². The predicted molar refractivity (Wildman–Crippen MR) is 70.9 cm³/mol. The van der Waals surface area contributed by atoms with Crippen molar-refractivity contribution in [1.82, 2.24) is 10.3 Å². The van der Waals surface area contributed by atoms with Crippen molar-refractivity contribution in [2.75, 3.05) is 5.43 Å². The maximum Gasteiger partial charge on any atom is 0.270 e. The summed E-state index contributed by atoms with van der Waals surface area (Å²) in [6, 6.07) is 5.46. The molecule has 0 radical (unpaired) electrons. The van der Waals surface area contributed by atoms with Crippen LogP contribution >= 0.6 is 0 Å². The lowest BCUT2D eigenvalue weighted by molar-refractivity contribution is 0.0916. The average molecular weight is 248 g/mol. The predicted octanol–water partition coefficient (Wildman–Crippen LogP) is 1.68. The largest absolute Gasteiger partial charge is 0.348 e. The Morgan fingerprint density at radius 1 is 1.44 bits per heavy atom. The fourth-order valence-corrected chi connectivity index (χ4v) is 2.47. The van der Waals surface area contributed by atoms with Gasteiger partial charge in [0.1, 0.15) is 11.5 Å². The zero-order chi connectivity index (χ0) is 13.0. The summed E-state index contributed by atoms with van der Waals surface area (Å²) >= 11 is 0. The van der Waals surface area contributed by atoms with Gasteiger partial charge in [-0.25, -0.2) is 10.8 Å². The van der Waals surface area contributed by atoms with Crippen molar-refractivity contribution in [3.05, 3.63) is 23.9 Å². The maximum atomic E-state index is 12.0. The molecule has 5 heteroatoms. The lowest BCUT2D eigenvalue weighted by atomic mass is 9.87. The van der Waals surface area contributed by atoms with E-state index in [0.29, 0.717) is 17.4 Å². The van der Waals surface area contributed by atoms with Crippen LogP contribution in [0, 0.1) is 5.92 Å². The molecule has 1 aromatic heterocycles. The molecule has 1 fully saturated rings. The van der Waals surface area contributed by atoms with Crippen LogP contribution < -0.4 is 16.6 Å². The van der Waals surface area contributed by atoms with Crippen molar-refractivity contribution in [3.8, 4) is 0 Å². The fourth-order valence-electron chi connectivity index (χ4n) is 2.47. The summed E-state index contributed by atoms with van der Waals surface area (Å²) in [5.41, 5.74) is 2.85. The van der Waals surface area contributed by atoms with Crippen LogP contribution in [0.4, 0.5) is 5.82 Å². The molecule has 1 heterocycles. The number of hydrogen-bond acceptors (Lipinski definition) is 4. The third kappa shape index (κ3) is 3.20. The highest BCUT2D eigenvalue weighted by Gasteiger charge is 2.21. The first-order valence-corrected chi connectivity index (χ1v) is 6.43. The second-order valence-electron chi connectivity index (χ2n) is 4.99. The third-order valence-corrected chi connectivity index (χ3v) is 3.40. The number of aromatic nitrogens is 1. The molecular weight excluding hydrogens is 228 g/mol. The van der Waals surface area contributed by atoms with E-state index in [1.165, 1.54) is 12.8 Å². The summed E-state index contributed by atoms with van der Waals surface area (Å²) in [6.07, 6.45) is 4.56. The number of amides is 1. The SMILES string of the molecule is CC1CCCC(NC(=O)c2cccc(NN)n2)C1. The number of nitrogens with two attached hydrogens (primary N) is 1. The molecule has 5 nitrogen and oxygen atoms in total. The van der Waals surface area contributed by atoms with Gasteiger partial charge >= 0.3 is 0 Å². The van der Waals surface area contributed by atoms with Crippen LogP contribution in [-0.4, -0.2) is 16.9 Å². The summed E-state index contributed by atoms with van der Waals surface area (Å²) in [5.74, 6) is 6.35. The molecule has 1 saturated carbocycles. The van der Waals surface area contributed by atoms with Gasteiger partial charge in [0.15, 0.2) is 0 Å². The second kappa shape index (κ2) is 5.82. The van der Waals surface area contributed by atoms with Crippen LogP contribution in [0.3, 0.4) is 0 Å². The smallest absolute Gasteiger partial charge is 0.270 e. The molecule has 4 N–H and O–H groups in total. The normalized spacial score (nSPS) is 23.4. The number of anilines is 1. The van der Waals surface area contributed by atoms with Crippen molar-refractivity contribution in [2.24, 2.45) is 11.8 Å². The molecule has 2 rings (SSSR count). The summed E-state index contributed by atoms with van der Waals surface area (Å²) in [5, 5.41) is 3.05. The number of carbonyl (C=O) groups excluding carboxylic acids is 1. The van der Waals surface area contributed by atoms with Gasteiger partial charge in [-0.3, -0.25) is 4.79 Å². The number of nitrogens with zero attached hydrogens (tertiary/aromatic N) is 1. The van der Waals surface area contributed by atoms with Crippen LogP contribution in [-0.2, 0) is 0 Å². The Bertz CT molecular complexity index is 421. The summed E-state index contributed by atoms with van der Waals surface area (Å²) < 4.78 is 0. The number of nitrogens with one attached hydrogen (secondary N) is 2. The van der Waals surface area contributed by atoms with Gasteiger partial charge in [0.25, 0.3) is 5.91 Å². The van der Waals surface area contributed by atoms with Gasteiger partial charge in [-0.2, -0.15) is 0 Å². The molecule has 1 amide bonds. The minimum absolute atomic E-state index is 0.119. The van der Waals surface area contributed by atoms with E-state index in [4.69, 9.17) is 5.84 Å². The molecule has 1 aromatic rings. The molecule has 0 saturated heterocycles. The highest BCUT2D eigenvalue weighted by molar-refractivity contribution is 5.92. The number of nitrogen functional groups attached to an aromatic ring is 1. The molecule has 18 heavy (non-hydrogen) atoms. The zero-order valence-electron chi connectivity index (χ0n) is 10.6. The molecule has 0 aliphatic heterocycles. The minimum Gasteiger partial charge on any atom is -0.348 e. The van der Waals surface area contributed by atoms with E-state index in [0.717, 1.165) is 12.8 Å². The number of hydrogen-bond donors (Lipinski definition) is 3. The highest BCUT2D eigenvalue weighted by Crippen LogP contribution is 2.23. The van der Waals surface area contributed by atoms with E-state index >= 15 is 0 Å². The van der Waals surface area contributed by atoms with E-state index in [1.54, 1.807) is 18.2 Å². The molecular formula is C13H20N4O. The van der Waals surface area contributed by atoms with Crippen LogP contribution in [0.5, 0.6) is 0 Å².